The topological polar surface area (TPSA) is 52.6 Å². The van der Waals surface area contributed by atoms with Crippen LogP contribution in [0.2, 0.25) is 0 Å². The van der Waals surface area contributed by atoms with Crippen LogP contribution in [-0.4, -0.2) is 37.2 Å². The van der Waals surface area contributed by atoms with E-state index in [1.165, 1.54) is 7.11 Å². The number of ether oxygens (including phenoxy) is 2. The normalized spacial score (nSPS) is 15.7. The molecule has 1 aliphatic carbocycles. The van der Waals surface area contributed by atoms with E-state index < -0.39 is 0 Å². The Morgan fingerprint density at radius 3 is 2.50 bits per heavy atom. The number of esters is 2. The molecule has 0 aliphatic heterocycles. The van der Waals surface area contributed by atoms with Crippen LogP contribution in [-0.2, 0) is 19.1 Å². The lowest BCUT2D eigenvalue weighted by atomic mass is 10.1. The van der Waals surface area contributed by atoms with Crippen LogP contribution in [0.3, 0.4) is 0 Å². The van der Waals surface area contributed by atoms with Crippen molar-refractivity contribution in [3.05, 3.63) is 0 Å². The highest BCUT2D eigenvalue weighted by molar-refractivity contribution is 7.99. The monoisotopic (exact) mass is 302 g/mol. The number of methoxy groups -OCH3 is 1. The van der Waals surface area contributed by atoms with E-state index in [0.717, 1.165) is 43.6 Å². The highest BCUT2D eigenvalue weighted by Crippen LogP contribution is 2.51. The van der Waals surface area contributed by atoms with Gasteiger partial charge in [-0.05, 0) is 49.5 Å². The van der Waals surface area contributed by atoms with E-state index in [4.69, 9.17) is 9.47 Å². The van der Waals surface area contributed by atoms with Gasteiger partial charge in [0.15, 0.2) is 0 Å². The first-order valence-electron chi connectivity index (χ1n) is 7.42. The van der Waals surface area contributed by atoms with Gasteiger partial charge in [0, 0.05) is 6.42 Å². The first kappa shape index (κ1) is 17.3. The molecule has 0 radical (unpaired) electrons. The fraction of sp³-hybridized carbons (Fsp3) is 0.867. The summed E-state index contributed by atoms with van der Waals surface area (Å²) in [4.78, 5) is 22.4. The number of thioether (sulfide) groups is 1. The summed E-state index contributed by atoms with van der Waals surface area (Å²) in [5, 5.41) is 0. The van der Waals surface area contributed by atoms with Gasteiger partial charge in [-0.3, -0.25) is 9.59 Å². The molecule has 0 bridgehead atoms. The van der Waals surface area contributed by atoms with Gasteiger partial charge in [0.1, 0.15) is 0 Å². The molecule has 0 saturated heterocycles. The van der Waals surface area contributed by atoms with Gasteiger partial charge in [0.05, 0.1) is 20.1 Å². The molecule has 0 unspecified atom stereocenters. The molecule has 1 aliphatic rings. The molecule has 1 rings (SSSR count). The van der Waals surface area contributed by atoms with Crippen molar-refractivity contribution < 1.29 is 19.1 Å². The molecule has 116 valence electrons. The summed E-state index contributed by atoms with van der Waals surface area (Å²) in [5.74, 6) is 1.99. The van der Waals surface area contributed by atoms with Crippen LogP contribution in [0.1, 0.15) is 51.9 Å². The standard InChI is InChI=1S/C15H26O4S/c1-3-19-13(16)7-5-4-6-10-20-12-15(8-9-15)11-14(17)18-2/h3-12H2,1-2H3. The van der Waals surface area contributed by atoms with Crippen LogP contribution in [0.5, 0.6) is 0 Å². The van der Waals surface area contributed by atoms with Gasteiger partial charge in [-0.1, -0.05) is 6.42 Å². The molecule has 0 N–H and O–H groups in total. The lowest BCUT2D eigenvalue weighted by molar-refractivity contribution is -0.143. The summed E-state index contributed by atoms with van der Waals surface area (Å²) in [5.41, 5.74) is 0.225. The summed E-state index contributed by atoms with van der Waals surface area (Å²) in [7, 11) is 1.45. The largest absolute Gasteiger partial charge is 0.469 e. The molecule has 0 spiro atoms. The van der Waals surface area contributed by atoms with Crippen LogP contribution >= 0.6 is 11.8 Å². The van der Waals surface area contributed by atoms with E-state index in [1.807, 2.05) is 18.7 Å². The summed E-state index contributed by atoms with van der Waals surface area (Å²) < 4.78 is 9.62. The number of hydrogen-bond acceptors (Lipinski definition) is 5. The van der Waals surface area contributed by atoms with Crippen LogP contribution in [0.25, 0.3) is 0 Å². The zero-order chi connectivity index (χ0) is 14.8. The van der Waals surface area contributed by atoms with Crippen molar-refractivity contribution in [3.8, 4) is 0 Å². The van der Waals surface area contributed by atoms with Crippen molar-refractivity contribution in [3.63, 3.8) is 0 Å². The third-order valence-corrected chi connectivity index (χ3v) is 4.98. The van der Waals surface area contributed by atoms with Gasteiger partial charge in [0.2, 0.25) is 0 Å². The fourth-order valence-corrected chi connectivity index (χ4v) is 3.48. The maximum atomic E-state index is 11.3. The molecule has 0 heterocycles. The molecule has 1 fully saturated rings. The number of hydrogen-bond donors (Lipinski definition) is 0. The molecule has 4 nitrogen and oxygen atoms in total. The second-order valence-corrected chi connectivity index (χ2v) is 6.53. The van der Waals surface area contributed by atoms with E-state index in [1.54, 1.807) is 0 Å². The van der Waals surface area contributed by atoms with Crippen LogP contribution in [0.15, 0.2) is 0 Å². The zero-order valence-corrected chi connectivity index (χ0v) is 13.4. The number of unbranched alkanes of at least 4 members (excludes halogenated alkanes) is 2. The predicted molar refractivity (Wildman–Crippen MR) is 80.7 cm³/mol. The summed E-state index contributed by atoms with van der Waals surface area (Å²) in [6.07, 6.45) is 6.50. The first-order valence-corrected chi connectivity index (χ1v) is 8.57. The van der Waals surface area contributed by atoms with Gasteiger partial charge < -0.3 is 9.47 Å². The number of rotatable bonds is 11. The molecule has 5 heteroatoms. The van der Waals surface area contributed by atoms with Crippen LogP contribution < -0.4 is 0 Å². The van der Waals surface area contributed by atoms with Gasteiger partial charge in [0.25, 0.3) is 0 Å². The highest BCUT2D eigenvalue weighted by Gasteiger charge is 2.44. The lowest BCUT2D eigenvalue weighted by Gasteiger charge is -2.12. The molecular weight excluding hydrogens is 276 g/mol. The van der Waals surface area contributed by atoms with Crippen molar-refractivity contribution in [1.29, 1.82) is 0 Å². The summed E-state index contributed by atoms with van der Waals surface area (Å²) >= 11 is 1.92. The zero-order valence-electron chi connectivity index (χ0n) is 12.6. The van der Waals surface area contributed by atoms with Crippen molar-refractivity contribution in [2.75, 3.05) is 25.2 Å². The molecule has 20 heavy (non-hydrogen) atoms. The van der Waals surface area contributed by atoms with Gasteiger partial charge >= 0.3 is 11.9 Å². The Morgan fingerprint density at radius 1 is 1.15 bits per heavy atom. The molecule has 0 amide bonds. The Bertz CT molecular complexity index is 313. The summed E-state index contributed by atoms with van der Waals surface area (Å²) in [6.45, 7) is 2.30. The van der Waals surface area contributed by atoms with Gasteiger partial charge in [-0.2, -0.15) is 11.8 Å². The molecular formula is C15H26O4S. The lowest BCUT2D eigenvalue weighted by Crippen LogP contribution is -2.13. The van der Waals surface area contributed by atoms with E-state index in [2.05, 4.69) is 0 Å². The van der Waals surface area contributed by atoms with Crippen LogP contribution in [0.4, 0.5) is 0 Å². The predicted octanol–water partition coefficient (Wildman–Crippen LogP) is 3.19. The summed E-state index contributed by atoms with van der Waals surface area (Å²) in [6, 6.07) is 0. The first-order chi connectivity index (χ1) is 9.62. The Morgan fingerprint density at radius 2 is 1.90 bits per heavy atom. The Balaban J connectivity index is 1.95. The van der Waals surface area contributed by atoms with Crippen molar-refractivity contribution in [2.24, 2.45) is 5.41 Å². The molecule has 0 aromatic carbocycles. The quantitative estimate of drug-likeness (QED) is 0.433. The smallest absolute Gasteiger partial charge is 0.306 e. The van der Waals surface area contributed by atoms with Crippen molar-refractivity contribution in [1.82, 2.24) is 0 Å². The van der Waals surface area contributed by atoms with Gasteiger partial charge in [-0.25, -0.2) is 0 Å². The van der Waals surface area contributed by atoms with E-state index in [9.17, 15) is 9.59 Å². The maximum Gasteiger partial charge on any atom is 0.306 e. The molecule has 0 aromatic rings. The SMILES string of the molecule is CCOC(=O)CCCCCSCC1(CC(=O)OC)CC1. The van der Waals surface area contributed by atoms with Crippen LogP contribution in [0, 0.1) is 5.41 Å². The van der Waals surface area contributed by atoms with Crippen molar-refractivity contribution in [2.45, 2.75) is 51.9 Å². The minimum absolute atomic E-state index is 0.0856. The average Bonchev–Trinajstić information content (AvgIpc) is 3.17. The fourth-order valence-electron chi connectivity index (χ4n) is 2.10. The van der Waals surface area contributed by atoms with E-state index >= 15 is 0 Å². The van der Waals surface area contributed by atoms with E-state index in [-0.39, 0.29) is 17.4 Å². The van der Waals surface area contributed by atoms with Crippen molar-refractivity contribution >= 4 is 23.7 Å². The average molecular weight is 302 g/mol. The highest BCUT2D eigenvalue weighted by atomic mass is 32.2. The Labute approximate surface area is 126 Å². The number of carbonyl (C=O) groups excluding carboxylic acids is 2. The molecule has 0 aromatic heterocycles. The molecule has 1 saturated carbocycles. The third-order valence-electron chi connectivity index (χ3n) is 3.59. The minimum Gasteiger partial charge on any atom is -0.469 e. The Hall–Kier alpha value is -0.710. The molecule has 0 atom stereocenters. The Kier molecular flexibility index (Phi) is 8.04. The maximum absolute atomic E-state index is 11.3. The van der Waals surface area contributed by atoms with Gasteiger partial charge in [-0.15, -0.1) is 0 Å². The second kappa shape index (κ2) is 9.27. The minimum atomic E-state index is -0.0878. The number of carbonyl (C=O) groups is 2. The third kappa shape index (κ3) is 7.17. The second-order valence-electron chi connectivity index (χ2n) is 5.42. The van der Waals surface area contributed by atoms with E-state index in [0.29, 0.717) is 19.4 Å².